The Morgan fingerprint density at radius 1 is 0.974 bits per heavy atom. The Labute approximate surface area is 237 Å². The van der Waals surface area contributed by atoms with E-state index in [2.05, 4.69) is 28.8 Å². The van der Waals surface area contributed by atoms with Crippen molar-refractivity contribution >= 4 is 65.0 Å². The predicted molar refractivity (Wildman–Crippen MR) is 156 cm³/mol. The van der Waals surface area contributed by atoms with Crippen LogP contribution in [0.5, 0.6) is 0 Å². The third kappa shape index (κ3) is 7.08. The molecule has 11 heteroatoms. The molecule has 8 nitrogen and oxygen atoms in total. The second kappa shape index (κ2) is 13.0. The third-order valence-electron chi connectivity index (χ3n) is 6.32. The number of anilines is 4. The SMILES string of the molecule is CC(=O)N(c1ccc(NC(=O)N(S)c2ccc(NC(=O)c3ccccc3F)cc2)cc1Cl)C1CCCCCN1. The Hall–Kier alpha value is -3.60. The molecule has 0 saturated carbocycles. The van der Waals surface area contributed by atoms with Gasteiger partial charge in [0.1, 0.15) is 5.82 Å². The molecule has 3 aromatic rings. The molecule has 4 amide bonds. The van der Waals surface area contributed by atoms with Crippen LogP contribution in [0.3, 0.4) is 0 Å². The molecule has 0 aromatic heterocycles. The Kier molecular flexibility index (Phi) is 9.45. The summed E-state index contributed by atoms with van der Waals surface area (Å²) in [6.45, 7) is 2.34. The van der Waals surface area contributed by atoms with Crippen LogP contribution in [0.4, 0.5) is 31.9 Å². The van der Waals surface area contributed by atoms with Crippen molar-refractivity contribution in [2.45, 2.75) is 38.8 Å². The lowest BCUT2D eigenvalue weighted by Crippen LogP contribution is -2.48. The van der Waals surface area contributed by atoms with Crippen LogP contribution in [-0.4, -0.2) is 30.6 Å². The van der Waals surface area contributed by atoms with E-state index in [0.29, 0.717) is 27.8 Å². The summed E-state index contributed by atoms with van der Waals surface area (Å²) in [5.41, 5.74) is 1.79. The van der Waals surface area contributed by atoms with Crippen molar-refractivity contribution in [1.82, 2.24) is 5.32 Å². The van der Waals surface area contributed by atoms with Crippen molar-refractivity contribution in [3.63, 3.8) is 0 Å². The number of carbonyl (C=O) groups is 3. The van der Waals surface area contributed by atoms with Crippen molar-refractivity contribution in [1.29, 1.82) is 0 Å². The highest BCUT2D eigenvalue weighted by atomic mass is 35.5. The highest BCUT2D eigenvalue weighted by Crippen LogP contribution is 2.32. The molecular weight excluding hydrogens is 541 g/mol. The molecule has 1 fully saturated rings. The summed E-state index contributed by atoms with van der Waals surface area (Å²) in [4.78, 5) is 39.3. The molecule has 0 aliphatic carbocycles. The van der Waals surface area contributed by atoms with Crippen LogP contribution in [0, 0.1) is 5.82 Å². The molecule has 0 bridgehead atoms. The number of urea groups is 1. The summed E-state index contributed by atoms with van der Waals surface area (Å²) >= 11 is 10.9. The summed E-state index contributed by atoms with van der Waals surface area (Å²) in [5.74, 6) is -1.32. The third-order valence-corrected chi connectivity index (χ3v) is 7.04. The Balaban J connectivity index is 1.40. The predicted octanol–water partition coefficient (Wildman–Crippen LogP) is 6.46. The number of rotatable bonds is 6. The topological polar surface area (TPSA) is 93.8 Å². The van der Waals surface area contributed by atoms with Gasteiger partial charge in [-0.1, -0.05) is 43.0 Å². The Morgan fingerprint density at radius 2 is 1.69 bits per heavy atom. The van der Waals surface area contributed by atoms with Gasteiger partial charge in [0.05, 0.1) is 28.1 Å². The van der Waals surface area contributed by atoms with E-state index in [0.717, 1.165) is 36.5 Å². The van der Waals surface area contributed by atoms with Crippen LogP contribution in [0.25, 0.3) is 0 Å². The lowest BCUT2D eigenvalue weighted by molar-refractivity contribution is -0.117. The molecule has 0 radical (unpaired) electrons. The maximum atomic E-state index is 13.9. The van der Waals surface area contributed by atoms with Crippen molar-refractivity contribution in [2.24, 2.45) is 0 Å². The van der Waals surface area contributed by atoms with Gasteiger partial charge in [0.2, 0.25) is 5.91 Å². The molecule has 4 rings (SSSR count). The monoisotopic (exact) mass is 569 g/mol. The number of amides is 4. The highest BCUT2D eigenvalue weighted by molar-refractivity contribution is 7.82. The van der Waals surface area contributed by atoms with Crippen LogP contribution in [0.15, 0.2) is 66.7 Å². The van der Waals surface area contributed by atoms with Crippen molar-refractivity contribution in [3.05, 3.63) is 83.1 Å². The van der Waals surface area contributed by atoms with E-state index in [4.69, 9.17) is 11.6 Å². The number of nitrogens with zero attached hydrogens (tertiary/aromatic N) is 2. The number of hydrogen-bond donors (Lipinski definition) is 4. The highest BCUT2D eigenvalue weighted by Gasteiger charge is 2.25. The zero-order valence-electron chi connectivity index (χ0n) is 21.3. The molecule has 0 spiro atoms. The first-order chi connectivity index (χ1) is 18.7. The van der Waals surface area contributed by atoms with Crippen molar-refractivity contribution < 1.29 is 18.8 Å². The number of thiol groups is 1. The summed E-state index contributed by atoms with van der Waals surface area (Å²) in [7, 11) is 0. The van der Waals surface area contributed by atoms with Gasteiger partial charge in [-0.3, -0.25) is 19.8 Å². The van der Waals surface area contributed by atoms with Gasteiger partial charge in [-0.15, -0.1) is 0 Å². The fraction of sp³-hybridized carbons (Fsp3) is 0.250. The maximum absolute atomic E-state index is 13.9. The summed E-state index contributed by atoms with van der Waals surface area (Å²) < 4.78 is 15.0. The van der Waals surface area contributed by atoms with Gasteiger partial charge in [-0.2, -0.15) is 0 Å². The second-order valence-corrected chi connectivity index (χ2v) is 9.90. The van der Waals surface area contributed by atoms with Crippen molar-refractivity contribution in [3.8, 4) is 0 Å². The first-order valence-electron chi connectivity index (χ1n) is 12.5. The number of halogens is 2. The minimum atomic E-state index is -0.618. The van der Waals surface area contributed by atoms with Crippen LogP contribution in [0.2, 0.25) is 5.02 Å². The number of nitrogens with one attached hydrogen (secondary N) is 3. The maximum Gasteiger partial charge on any atom is 0.336 e. The average Bonchev–Trinajstić information content (AvgIpc) is 3.19. The lowest BCUT2D eigenvalue weighted by Gasteiger charge is -2.31. The molecule has 3 N–H and O–H groups in total. The summed E-state index contributed by atoms with van der Waals surface area (Å²) in [5, 5.41) is 9.10. The van der Waals surface area contributed by atoms with Gasteiger partial charge >= 0.3 is 6.03 Å². The zero-order valence-corrected chi connectivity index (χ0v) is 22.9. The Bertz CT molecular complexity index is 1350. The molecule has 1 atom stereocenters. The van der Waals surface area contributed by atoms with Gasteiger partial charge in [0.25, 0.3) is 5.91 Å². The molecular formula is C28H29ClFN5O3S. The molecule has 1 heterocycles. The van der Waals surface area contributed by atoms with Crippen LogP contribution in [-0.2, 0) is 4.79 Å². The average molecular weight is 570 g/mol. The van der Waals surface area contributed by atoms with E-state index >= 15 is 0 Å². The quantitative estimate of drug-likeness (QED) is 0.256. The molecule has 1 aliphatic rings. The molecule has 1 aliphatic heterocycles. The van der Waals surface area contributed by atoms with Gasteiger partial charge in [0, 0.05) is 18.3 Å². The molecule has 39 heavy (non-hydrogen) atoms. The fourth-order valence-electron chi connectivity index (χ4n) is 4.39. The lowest BCUT2D eigenvalue weighted by atomic mass is 10.1. The van der Waals surface area contributed by atoms with Gasteiger partial charge < -0.3 is 10.6 Å². The van der Waals surface area contributed by atoms with E-state index in [-0.39, 0.29) is 17.6 Å². The van der Waals surface area contributed by atoms with E-state index in [1.165, 1.54) is 25.1 Å². The van der Waals surface area contributed by atoms with Gasteiger partial charge in [-0.05, 0) is 80.4 Å². The largest absolute Gasteiger partial charge is 0.336 e. The van der Waals surface area contributed by atoms with Crippen LogP contribution in [0.1, 0.15) is 43.0 Å². The van der Waals surface area contributed by atoms with E-state index < -0.39 is 17.8 Å². The standard InChI is InChI=1S/C28H29ClFN5O3S/c1-18(36)34(26-9-3-2-6-16-31-26)25-15-12-20(17-23(25)29)33-28(38)35(39)21-13-10-19(11-14-21)32-27(37)22-7-4-5-8-24(22)30/h4-5,7-8,10-15,17,26,31,39H,2-3,6,9,16H2,1H3,(H,32,37)(H,33,38). The second-order valence-electron chi connectivity index (χ2n) is 9.10. The van der Waals surface area contributed by atoms with E-state index in [9.17, 15) is 18.8 Å². The molecule has 1 unspecified atom stereocenters. The first-order valence-corrected chi connectivity index (χ1v) is 13.3. The summed E-state index contributed by atoms with van der Waals surface area (Å²) in [6, 6.07) is 16.4. The van der Waals surface area contributed by atoms with Crippen LogP contribution >= 0.6 is 24.4 Å². The number of benzene rings is 3. The normalized spacial score (nSPS) is 15.1. The summed E-state index contributed by atoms with van der Waals surface area (Å²) in [6.07, 6.45) is 3.87. The van der Waals surface area contributed by atoms with Gasteiger partial charge in [-0.25, -0.2) is 13.5 Å². The minimum Gasteiger partial charge on any atom is -0.322 e. The zero-order chi connectivity index (χ0) is 27.9. The van der Waals surface area contributed by atoms with Crippen LogP contribution < -0.4 is 25.2 Å². The molecule has 1 saturated heterocycles. The molecule has 3 aromatic carbocycles. The minimum absolute atomic E-state index is 0.0709. The molecule has 204 valence electrons. The van der Waals surface area contributed by atoms with Gasteiger partial charge in [0.15, 0.2) is 0 Å². The number of hydrogen-bond acceptors (Lipinski definition) is 5. The fourth-order valence-corrected chi connectivity index (χ4v) is 4.85. The van der Waals surface area contributed by atoms with Crippen molar-refractivity contribution in [2.75, 3.05) is 26.4 Å². The van der Waals surface area contributed by atoms with E-state index in [1.54, 1.807) is 53.4 Å². The number of carbonyl (C=O) groups excluding carboxylic acids is 3. The first kappa shape index (κ1) is 28.4. The smallest absolute Gasteiger partial charge is 0.322 e. The Morgan fingerprint density at radius 3 is 2.38 bits per heavy atom. The van der Waals surface area contributed by atoms with E-state index in [1.807, 2.05) is 0 Å².